The van der Waals surface area contributed by atoms with E-state index in [1.54, 1.807) is 97.1 Å². The second-order valence-corrected chi connectivity index (χ2v) is 12.5. The average Bonchev–Trinajstić information content (AvgIpc) is 3.63. The van der Waals surface area contributed by atoms with Gasteiger partial charge in [-0.05, 0) is 66.2 Å². The maximum Gasteiger partial charge on any atom is 0.418 e. The predicted molar refractivity (Wildman–Crippen MR) is 196 cm³/mol. The monoisotopic (exact) mass is 717 g/mol. The smallest absolute Gasteiger partial charge is 0.418 e. The number of hydrogen-bond acceptors (Lipinski definition) is 5. The van der Waals surface area contributed by atoms with Crippen LogP contribution in [0.25, 0.3) is 17.4 Å². The SMILES string of the molecule is O=C(Nc1ccc(SC(C(=O)Nc2ccccc2C(F)(F)F)c2ccccc2)cc1)/C(=C\c1ccc(-c2ccccc2)o1)NC(=O)c1ccccc1. The molecule has 6 rings (SSSR count). The van der Waals surface area contributed by atoms with Crippen molar-refractivity contribution in [2.24, 2.45) is 0 Å². The topological polar surface area (TPSA) is 100 Å². The number of anilines is 2. The summed E-state index contributed by atoms with van der Waals surface area (Å²) in [6.45, 7) is 0. The molecule has 7 nitrogen and oxygen atoms in total. The molecule has 0 spiro atoms. The van der Waals surface area contributed by atoms with E-state index >= 15 is 0 Å². The fraction of sp³-hybridized carbons (Fsp3) is 0.0488. The Morgan fingerprint density at radius 1 is 0.673 bits per heavy atom. The molecule has 1 aromatic heterocycles. The molecule has 260 valence electrons. The molecule has 0 aliphatic carbocycles. The number of carbonyl (C=O) groups excluding carboxylic acids is 3. The molecule has 0 aliphatic rings. The van der Waals surface area contributed by atoms with Crippen molar-refractivity contribution < 1.29 is 32.0 Å². The van der Waals surface area contributed by atoms with Crippen molar-refractivity contribution in [2.75, 3.05) is 10.6 Å². The molecule has 0 aliphatic heterocycles. The van der Waals surface area contributed by atoms with Crippen molar-refractivity contribution in [3.05, 3.63) is 180 Å². The number of hydrogen-bond donors (Lipinski definition) is 3. The van der Waals surface area contributed by atoms with Gasteiger partial charge < -0.3 is 20.4 Å². The van der Waals surface area contributed by atoms with Gasteiger partial charge in [0.05, 0.1) is 11.3 Å². The fourth-order valence-corrected chi connectivity index (χ4v) is 6.19. The normalized spacial score (nSPS) is 12.1. The molecule has 3 amide bonds. The molecule has 1 heterocycles. The van der Waals surface area contributed by atoms with E-state index in [9.17, 15) is 27.6 Å². The van der Waals surface area contributed by atoms with Gasteiger partial charge in [-0.1, -0.05) is 91.0 Å². The van der Waals surface area contributed by atoms with E-state index in [1.807, 2.05) is 30.3 Å². The quantitative estimate of drug-likeness (QED) is 0.0916. The van der Waals surface area contributed by atoms with Crippen LogP contribution in [0.3, 0.4) is 0 Å². The molecule has 5 aromatic carbocycles. The van der Waals surface area contributed by atoms with E-state index in [1.165, 1.54) is 24.3 Å². The summed E-state index contributed by atoms with van der Waals surface area (Å²) in [7, 11) is 0. The van der Waals surface area contributed by atoms with E-state index in [0.29, 0.717) is 33.2 Å². The van der Waals surface area contributed by atoms with Crippen LogP contribution in [-0.4, -0.2) is 17.7 Å². The summed E-state index contributed by atoms with van der Waals surface area (Å²) in [6.07, 6.45) is -3.21. The second-order valence-electron chi connectivity index (χ2n) is 11.4. The summed E-state index contributed by atoms with van der Waals surface area (Å²) in [5, 5.41) is 7.03. The van der Waals surface area contributed by atoms with Gasteiger partial charge in [-0.2, -0.15) is 13.2 Å². The molecule has 0 radical (unpaired) electrons. The molecule has 1 atom stereocenters. The van der Waals surface area contributed by atoms with Crippen LogP contribution >= 0.6 is 11.8 Å². The Morgan fingerprint density at radius 3 is 1.96 bits per heavy atom. The van der Waals surface area contributed by atoms with Gasteiger partial charge in [-0.15, -0.1) is 11.8 Å². The first kappa shape index (κ1) is 35.5. The number of halogens is 3. The summed E-state index contributed by atoms with van der Waals surface area (Å²) in [6, 6.07) is 41.5. The fourth-order valence-electron chi connectivity index (χ4n) is 5.16. The minimum Gasteiger partial charge on any atom is -0.457 e. The van der Waals surface area contributed by atoms with Crippen LogP contribution in [0.5, 0.6) is 0 Å². The molecule has 6 aromatic rings. The highest BCUT2D eigenvalue weighted by Crippen LogP contribution is 2.39. The lowest BCUT2D eigenvalue weighted by Gasteiger charge is -2.19. The third-order valence-corrected chi connectivity index (χ3v) is 8.96. The second kappa shape index (κ2) is 16.1. The van der Waals surface area contributed by atoms with Gasteiger partial charge in [-0.3, -0.25) is 14.4 Å². The summed E-state index contributed by atoms with van der Waals surface area (Å²) < 4.78 is 46.9. The Kier molecular flexibility index (Phi) is 11.0. The highest BCUT2D eigenvalue weighted by Gasteiger charge is 2.34. The lowest BCUT2D eigenvalue weighted by Crippen LogP contribution is -2.30. The average molecular weight is 718 g/mol. The third kappa shape index (κ3) is 9.06. The predicted octanol–water partition coefficient (Wildman–Crippen LogP) is 9.85. The standard InChI is InChI=1S/C41H30F3N3O4S/c42-41(43,44)33-18-10-11-19-34(33)46-40(50)37(28-14-6-2-7-15-28)52-32-23-20-30(21-24-32)45-39(49)35(47-38(48)29-16-8-3-9-17-29)26-31-22-25-36(51-31)27-12-4-1-5-13-27/h1-26,37H,(H,45,49)(H,46,50)(H,47,48)/b35-26+. The van der Waals surface area contributed by atoms with Gasteiger partial charge in [-0.25, -0.2) is 0 Å². The molecule has 0 saturated heterocycles. The number of para-hydroxylation sites is 1. The van der Waals surface area contributed by atoms with E-state index in [0.717, 1.165) is 23.4 Å². The van der Waals surface area contributed by atoms with Crippen molar-refractivity contribution in [1.29, 1.82) is 0 Å². The molecule has 3 N–H and O–H groups in total. The zero-order valence-electron chi connectivity index (χ0n) is 27.3. The molecular formula is C41H30F3N3O4S. The number of amides is 3. The first-order chi connectivity index (χ1) is 25.1. The first-order valence-electron chi connectivity index (χ1n) is 16.0. The maximum atomic E-state index is 13.6. The van der Waals surface area contributed by atoms with Crippen LogP contribution in [0, 0.1) is 0 Å². The van der Waals surface area contributed by atoms with Gasteiger partial charge in [0.25, 0.3) is 11.8 Å². The number of nitrogens with one attached hydrogen (secondary N) is 3. The summed E-state index contributed by atoms with van der Waals surface area (Å²) in [4.78, 5) is 40.8. The van der Waals surface area contributed by atoms with Crippen LogP contribution in [0.2, 0.25) is 0 Å². The molecule has 0 bridgehead atoms. The zero-order valence-corrected chi connectivity index (χ0v) is 28.1. The number of alkyl halides is 3. The van der Waals surface area contributed by atoms with E-state index < -0.39 is 34.7 Å². The highest BCUT2D eigenvalue weighted by molar-refractivity contribution is 8.00. The van der Waals surface area contributed by atoms with Gasteiger partial charge in [0, 0.05) is 27.8 Å². The van der Waals surface area contributed by atoms with Crippen LogP contribution in [-0.2, 0) is 15.8 Å². The first-order valence-corrected chi connectivity index (χ1v) is 16.9. The lowest BCUT2D eigenvalue weighted by molar-refractivity contribution is -0.137. The molecule has 52 heavy (non-hydrogen) atoms. The van der Waals surface area contributed by atoms with Crippen molar-refractivity contribution in [1.82, 2.24) is 5.32 Å². The zero-order chi connectivity index (χ0) is 36.5. The van der Waals surface area contributed by atoms with E-state index in [-0.39, 0.29) is 11.4 Å². The summed E-state index contributed by atoms with van der Waals surface area (Å²) in [5.41, 5.74) is 0.818. The Hall–Kier alpha value is -6.33. The number of benzene rings is 5. The Labute approximate surface area is 301 Å². The van der Waals surface area contributed by atoms with Gasteiger partial charge in [0.15, 0.2) is 0 Å². The molecule has 0 saturated carbocycles. The summed E-state index contributed by atoms with van der Waals surface area (Å²) in [5.74, 6) is -0.824. The van der Waals surface area contributed by atoms with Gasteiger partial charge in [0.2, 0.25) is 5.91 Å². The van der Waals surface area contributed by atoms with Crippen LogP contribution in [0.15, 0.2) is 167 Å². The van der Waals surface area contributed by atoms with Crippen LogP contribution < -0.4 is 16.0 Å². The van der Waals surface area contributed by atoms with Crippen molar-refractivity contribution >= 4 is 46.9 Å². The maximum absolute atomic E-state index is 13.6. The highest BCUT2D eigenvalue weighted by atomic mass is 32.2. The third-order valence-electron chi connectivity index (χ3n) is 7.70. The van der Waals surface area contributed by atoms with Crippen molar-refractivity contribution in [3.8, 4) is 11.3 Å². The van der Waals surface area contributed by atoms with Gasteiger partial charge >= 0.3 is 6.18 Å². The van der Waals surface area contributed by atoms with Crippen molar-refractivity contribution in [2.45, 2.75) is 16.3 Å². The minimum absolute atomic E-state index is 0.0683. The van der Waals surface area contributed by atoms with Crippen molar-refractivity contribution in [3.63, 3.8) is 0 Å². The Morgan fingerprint density at radius 2 is 1.29 bits per heavy atom. The largest absolute Gasteiger partial charge is 0.457 e. The number of carbonyl (C=O) groups is 3. The number of thioether (sulfide) groups is 1. The van der Waals surface area contributed by atoms with Crippen LogP contribution in [0.1, 0.15) is 32.5 Å². The lowest BCUT2D eigenvalue weighted by atomic mass is 10.1. The molecule has 1 unspecified atom stereocenters. The molecule has 11 heteroatoms. The van der Waals surface area contributed by atoms with E-state index in [2.05, 4.69) is 16.0 Å². The summed E-state index contributed by atoms with van der Waals surface area (Å²) >= 11 is 1.14. The van der Waals surface area contributed by atoms with Crippen LogP contribution in [0.4, 0.5) is 24.5 Å². The van der Waals surface area contributed by atoms with Gasteiger partial charge in [0.1, 0.15) is 22.5 Å². The number of furan rings is 1. The molecular weight excluding hydrogens is 688 g/mol. The minimum atomic E-state index is -4.65. The Balaban J connectivity index is 1.21. The van der Waals surface area contributed by atoms with E-state index in [4.69, 9.17) is 4.42 Å². The molecule has 0 fully saturated rings. The number of rotatable bonds is 11. The Bertz CT molecular complexity index is 2190.